The number of aryl methyl sites for hydroxylation is 1. The maximum absolute atomic E-state index is 13.5. The zero-order valence-electron chi connectivity index (χ0n) is 13.0. The summed E-state index contributed by atoms with van der Waals surface area (Å²) in [6, 6.07) is 4.79. The summed E-state index contributed by atoms with van der Waals surface area (Å²) in [5, 5.41) is 3.11. The summed E-state index contributed by atoms with van der Waals surface area (Å²) < 4.78 is 18.9. The molecule has 0 saturated heterocycles. The van der Waals surface area contributed by atoms with Crippen LogP contribution in [0.15, 0.2) is 18.2 Å². The third kappa shape index (κ3) is 5.34. The molecule has 118 valence electrons. The minimum Gasteiger partial charge on any atom is -0.491 e. The number of rotatable bonds is 9. The van der Waals surface area contributed by atoms with Gasteiger partial charge in [0.2, 0.25) is 5.91 Å². The fourth-order valence-corrected chi connectivity index (χ4v) is 2.17. The van der Waals surface area contributed by atoms with Crippen LogP contribution in [0.5, 0.6) is 5.75 Å². The summed E-state index contributed by atoms with van der Waals surface area (Å²) in [5.41, 5.74) is 5.68. The second-order valence-corrected chi connectivity index (χ2v) is 5.47. The van der Waals surface area contributed by atoms with Crippen LogP contribution < -0.4 is 15.8 Å². The predicted molar refractivity (Wildman–Crippen MR) is 81.8 cm³/mol. The normalized spacial score (nSPS) is 13.7. The first-order chi connectivity index (χ1) is 9.89. The number of hydrogen-bond acceptors (Lipinski definition) is 3. The van der Waals surface area contributed by atoms with E-state index in [1.165, 1.54) is 6.07 Å². The van der Waals surface area contributed by atoms with Crippen molar-refractivity contribution in [2.24, 2.45) is 5.73 Å². The Labute approximate surface area is 125 Å². The molecule has 1 rings (SSSR count). The van der Waals surface area contributed by atoms with Gasteiger partial charge in [-0.1, -0.05) is 13.0 Å². The molecular formula is C16H25FN2O2. The van der Waals surface area contributed by atoms with Gasteiger partial charge in [-0.3, -0.25) is 4.79 Å². The monoisotopic (exact) mass is 296 g/mol. The summed E-state index contributed by atoms with van der Waals surface area (Å²) in [6.45, 7) is 6.73. The lowest BCUT2D eigenvalue weighted by atomic mass is 9.94. The third-order valence-corrected chi connectivity index (χ3v) is 3.53. The van der Waals surface area contributed by atoms with Gasteiger partial charge in [0.25, 0.3) is 0 Å². The fraction of sp³-hybridized carbons (Fsp3) is 0.562. The summed E-state index contributed by atoms with van der Waals surface area (Å²) in [6.07, 6.45) is 2.15. The molecule has 0 bridgehead atoms. The molecule has 0 fully saturated rings. The van der Waals surface area contributed by atoms with E-state index >= 15 is 0 Å². The molecule has 0 heterocycles. The van der Waals surface area contributed by atoms with Crippen LogP contribution in [0.2, 0.25) is 0 Å². The van der Waals surface area contributed by atoms with E-state index in [2.05, 4.69) is 5.32 Å². The number of hydrogen-bond donors (Lipinski definition) is 2. The van der Waals surface area contributed by atoms with Crippen LogP contribution in [0.4, 0.5) is 4.39 Å². The average Bonchev–Trinajstić information content (AvgIpc) is 2.42. The Morgan fingerprint density at radius 1 is 1.43 bits per heavy atom. The highest BCUT2D eigenvalue weighted by atomic mass is 19.1. The van der Waals surface area contributed by atoms with Crippen molar-refractivity contribution in [1.29, 1.82) is 0 Å². The van der Waals surface area contributed by atoms with Crippen LogP contribution in [-0.4, -0.2) is 24.6 Å². The number of nitrogens with one attached hydrogen (secondary N) is 1. The Morgan fingerprint density at radius 3 is 2.76 bits per heavy atom. The predicted octanol–water partition coefficient (Wildman–Crippen LogP) is 2.54. The average molecular weight is 296 g/mol. The van der Waals surface area contributed by atoms with Crippen molar-refractivity contribution in [3.05, 3.63) is 29.6 Å². The second-order valence-electron chi connectivity index (χ2n) is 5.47. The number of benzene rings is 1. The van der Waals surface area contributed by atoms with Crippen LogP contribution in [0, 0.1) is 12.7 Å². The molecule has 1 unspecified atom stereocenters. The molecule has 1 amide bonds. The second kappa shape index (κ2) is 7.98. The van der Waals surface area contributed by atoms with Gasteiger partial charge in [-0.25, -0.2) is 4.39 Å². The van der Waals surface area contributed by atoms with E-state index in [-0.39, 0.29) is 17.5 Å². The molecular weight excluding hydrogens is 271 g/mol. The number of unbranched alkanes of at least 4 members (excludes halogenated alkanes) is 1. The molecule has 0 aliphatic heterocycles. The Kier molecular flexibility index (Phi) is 6.62. The van der Waals surface area contributed by atoms with Crippen LogP contribution >= 0.6 is 0 Å². The highest BCUT2D eigenvalue weighted by molar-refractivity contribution is 5.84. The highest BCUT2D eigenvalue weighted by Gasteiger charge is 2.28. The van der Waals surface area contributed by atoms with Gasteiger partial charge in [0.15, 0.2) is 11.6 Å². The van der Waals surface area contributed by atoms with Gasteiger partial charge < -0.3 is 15.8 Å². The van der Waals surface area contributed by atoms with Crippen molar-refractivity contribution in [2.45, 2.75) is 45.6 Å². The maximum Gasteiger partial charge on any atom is 0.237 e. The van der Waals surface area contributed by atoms with E-state index in [0.29, 0.717) is 19.6 Å². The number of likely N-dealkylation sites (N-methyl/N-ethyl adjacent to an activating group) is 1. The third-order valence-electron chi connectivity index (χ3n) is 3.53. The van der Waals surface area contributed by atoms with Gasteiger partial charge in [-0.15, -0.1) is 0 Å². The molecule has 21 heavy (non-hydrogen) atoms. The molecule has 0 aliphatic rings. The zero-order valence-corrected chi connectivity index (χ0v) is 13.0. The first kappa shape index (κ1) is 17.4. The molecule has 5 heteroatoms. The number of carbonyl (C=O) groups excluding carboxylic acids is 1. The fourth-order valence-electron chi connectivity index (χ4n) is 2.17. The van der Waals surface area contributed by atoms with Crippen LogP contribution in [-0.2, 0) is 4.79 Å². The molecule has 3 N–H and O–H groups in total. The number of ether oxygens (including phenoxy) is 1. The molecule has 0 radical (unpaired) electrons. The van der Waals surface area contributed by atoms with Gasteiger partial charge in [-0.05, 0) is 57.4 Å². The molecule has 0 aromatic heterocycles. The molecule has 1 aromatic carbocycles. The number of primary amides is 1. The SMILES string of the molecule is CCNC(C)(CCCCOc1cc(C)ccc1F)C(N)=O. The van der Waals surface area contributed by atoms with Crippen molar-refractivity contribution < 1.29 is 13.9 Å². The standard InChI is InChI=1S/C16H25FN2O2/c1-4-19-16(3,15(18)20)9-5-6-10-21-14-11-12(2)7-8-13(14)17/h7-8,11,19H,4-6,9-10H2,1-3H3,(H2,18,20). The first-order valence-corrected chi connectivity index (χ1v) is 7.33. The number of carbonyl (C=O) groups is 1. The lowest BCUT2D eigenvalue weighted by molar-refractivity contribution is -0.124. The Morgan fingerprint density at radius 2 is 2.14 bits per heavy atom. The van der Waals surface area contributed by atoms with Gasteiger partial charge in [0, 0.05) is 0 Å². The van der Waals surface area contributed by atoms with Crippen molar-refractivity contribution in [3.8, 4) is 5.75 Å². The van der Waals surface area contributed by atoms with Crippen molar-refractivity contribution >= 4 is 5.91 Å². The minimum absolute atomic E-state index is 0.277. The summed E-state index contributed by atoms with van der Waals surface area (Å²) >= 11 is 0. The first-order valence-electron chi connectivity index (χ1n) is 7.33. The van der Waals surface area contributed by atoms with E-state index in [9.17, 15) is 9.18 Å². The van der Waals surface area contributed by atoms with Crippen molar-refractivity contribution in [1.82, 2.24) is 5.32 Å². The van der Waals surface area contributed by atoms with Gasteiger partial charge in [0.1, 0.15) is 0 Å². The number of halogens is 1. The molecule has 0 saturated carbocycles. The molecule has 0 spiro atoms. The molecule has 4 nitrogen and oxygen atoms in total. The van der Waals surface area contributed by atoms with Gasteiger partial charge in [-0.2, -0.15) is 0 Å². The largest absolute Gasteiger partial charge is 0.491 e. The van der Waals surface area contributed by atoms with Crippen molar-refractivity contribution in [3.63, 3.8) is 0 Å². The van der Waals surface area contributed by atoms with Crippen molar-refractivity contribution in [2.75, 3.05) is 13.2 Å². The van der Waals surface area contributed by atoms with Gasteiger partial charge >= 0.3 is 0 Å². The minimum atomic E-state index is -0.691. The van der Waals surface area contributed by atoms with E-state index < -0.39 is 5.54 Å². The molecule has 1 aromatic rings. The highest BCUT2D eigenvalue weighted by Crippen LogP contribution is 2.19. The lowest BCUT2D eigenvalue weighted by Gasteiger charge is -2.26. The van der Waals surface area contributed by atoms with Crippen LogP contribution in [0.3, 0.4) is 0 Å². The Balaban J connectivity index is 2.37. The zero-order chi connectivity index (χ0) is 15.9. The Hall–Kier alpha value is -1.62. The van der Waals surface area contributed by atoms with E-state index in [4.69, 9.17) is 10.5 Å². The molecule has 1 atom stereocenters. The summed E-state index contributed by atoms with van der Waals surface area (Å²) in [5.74, 6) is -0.426. The molecule has 0 aliphatic carbocycles. The summed E-state index contributed by atoms with van der Waals surface area (Å²) in [4.78, 5) is 11.5. The maximum atomic E-state index is 13.5. The van der Waals surface area contributed by atoms with E-state index in [1.54, 1.807) is 19.1 Å². The number of amides is 1. The lowest BCUT2D eigenvalue weighted by Crippen LogP contribution is -2.53. The van der Waals surface area contributed by atoms with Gasteiger partial charge in [0.05, 0.1) is 12.1 Å². The smallest absolute Gasteiger partial charge is 0.237 e. The number of nitrogens with two attached hydrogens (primary N) is 1. The summed E-state index contributed by atoms with van der Waals surface area (Å²) in [7, 11) is 0. The quantitative estimate of drug-likeness (QED) is 0.688. The van der Waals surface area contributed by atoms with E-state index in [0.717, 1.165) is 18.4 Å². The topological polar surface area (TPSA) is 64.3 Å². The van der Waals surface area contributed by atoms with Crippen LogP contribution in [0.1, 0.15) is 38.7 Å². The van der Waals surface area contributed by atoms with E-state index in [1.807, 2.05) is 13.8 Å². The Bertz CT molecular complexity index is 479. The van der Waals surface area contributed by atoms with Crippen LogP contribution in [0.25, 0.3) is 0 Å².